The van der Waals surface area contributed by atoms with E-state index in [4.69, 9.17) is 9.47 Å². The van der Waals surface area contributed by atoms with Crippen LogP contribution in [0.25, 0.3) is 0 Å². The maximum atomic E-state index is 13.1. The number of hydrogen-bond acceptors (Lipinski definition) is 13. The number of esters is 2. The van der Waals surface area contributed by atoms with Crippen LogP contribution in [0.4, 0.5) is 0 Å². The number of phenolic OH excluding ortho intramolecular Hbond substituents is 4. The molecule has 3 rings (SSSR count). The lowest BCUT2D eigenvalue weighted by Crippen LogP contribution is -2.56. The van der Waals surface area contributed by atoms with E-state index in [1.165, 1.54) is 30.3 Å². The zero-order valence-electron chi connectivity index (χ0n) is 23.2. The number of benzene rings is 2. The molecule has 236 valence electrons. The lowest BCUT2D eigenvalue weighted by atomic mass is 10.1. The van der Waals surface area contributed by atoms with Crippen LogP contribution in [0.5, 0.6) is 23.0 Å². The molecule has 16 nitrogen and oxygen atoms in total. The van der Waals surface area contributed by atoms with Gasteiger partial charge in [0.2, 0.25) is 0 Å². The highest BCUT2D eigenvalue weighted by atomic mass is 16.5. The molecule has 0 radical (unpaired) electrons. The highest BCUT2D eigenvalue weighted by molar-refractivity contribution is 5.73. The largest absolute Gasteiger partial charge is 0.504 e. The fourth-order valence-electron chi connectivity index (χ4n) is 3.98. The first kappa shape index (κ1) is 33.2. The number of aromatic nitrogens is 3. The van der Waals surface area contributed by atoms with E-state index in [2.05, 4.69) is 6.58 Å². The molecular formula is C28H31N3O13. The highest BCUT2D eigenvalue weighted by Crippen LogP contribution is 2.26. The molecule has 0 aliphatic carbocycles. The summed E-state index contributed by atoms with van der Waals surface area (Å²) in [6, 6.07) is 7.38. The second kappa shape index (κ2) is 14.7. The van der Waals surface area contributed by atoms with Gasteiger partial charge in [0, 0.05) is 0 Å². The fraction of sp³-hybridized carbons (Fsp3) is 0.321. The monoisotopic (exact) mass is 617 g/mol. The summed E-state index contributed by atoms with van der Waals surface area (Å²) < 4.78 is 11.6. The number of carbonyl (C=O) groups excluding carboxylic acids is 2. The molecule has 2 aromatic carbocycles. The third-order valence-electron chi connectivity index (χ3n) is 6.13. The summed E-state index contributed by atoms with van der Waals surface area (Å²) in [5.74, 6) is -3.30. The first-order valence-electron chi connectivity index (χ1n) is 13.0. The molecule has 3 aromatic rings. The Hall–Kier alpha value is -5.35. The van der Waals surface area contributed by atoms with E-state index in [0.29, 0.717) is 24.8 Å². The minimum atomic E-state index is -1.58. The molecule has 0 bridgehead atoms. The lowest BCUT2D eigenvalue weighted by molar-refractivity contribution is -0.146. The average Bonchev–Trinajstić information content (AvgIpc) is 2.97. The van der Waals surface area contributed by atoms with E-state index in [1.54, 1.807) is 0 Å². The summed E-state index contributed by atoms with van der Waals surface area (Å²) in [6.45, 7) is 0.439. The molecule has 0 amide bonds. The van der Waals surface area contributed by atoms with Crippen LogP contribution in [0.3, 0.4) is 0 Å². The molecule has 6 N–H and O–H groups in total. The minimum Gasteiger partial charge on any atom is -0.504 e. The first-order chi connectivity index (χ1) is 20.8. The zero-order chi connectivity index (χ0) is 32.6. The van der Waals surface area contributed by atoms with Crippen molar-refractivity contribution in [1.82, 2.24) is 13.7 Å². The van der Waals surface area contributed by atoms with Crippen molar-refractivity contribution in [3.8, 4) is 23.0 Å². The number of carbonyl (C=O) groups is 2. The second-order valence-electron chi connectivity index (χ2n) is 9.64. The van der Waals surface area contributed by atoms with E-state index in [-0.39, 0.29) is 30.9 Å². The van der Waals surface area contributed by atoms with Gasteiger partial charge in [-0.2, -0.15) is 0 Å². The van der Waals surface area contributed by atoms with Crippen LogP contribution in [-0.4, -0.2) is 81.7 Å². The van der Waals surface area contributed by atoms with Crippen molar-refractivity contribution >= 4 is 11.9 Å². The van der Waals surface area contributed by atoms with Gasteiger partial charge in [-0.05, 0) is 35.4 Å². The Kier molecular flexibility index (Phi) is 11.1. The molecule has 2 unspecified atom stereocenters. The van der Waals surface area contributed by atoms with Gasteiger partial charge >= 0.3 is 29.0 Å². The van der Waals surface area contributed by atoms with Crippen molar-refractivity contribution in [2.75, 3.05) is 13.2 Å². The molecule has 1 aromatic heterocycles. The lowest BCUT2D eigenvalue weighted by Gasteiger charge is -2.18. The number of aliphatic hydroxyl groups excluding tert-OH is 2. The van der Waals surface area contributed by atoms with Crippen molar-refractivity contribution in [3.05, 3.63) is 91.6 Å². The number of aromatic hydroxyl groups is 4. The average molecular weight is 618 g/mol. The van der Waals surface area contributed by atoms with Crippen LogP contribution in [-0.2, 0) is 51.5 Å². The summed E-state index contributed by atoms with van der Waals surface area (Å²) in [5.41, 5.74) is -2.79. The van der Waals surface area contributed by atoms with Crippen molar-refractivity contribution in [3.63, 3.8) is 0 Å². The maximum Gasteiger partial charge on any atom is 0.336 e. The third-order valence-corrected chi connectivity index (χ3v) is 6.13. The van der Waals surface area contributed by atoms with Crippen LogP contribution in [0.15, 0.2) is 63.4 Å². The number of phenols is 4. The van der Waals surface area contributed by atoms with Gasteiger partial charge in [-0.25, -0.2) is 28.1 Å². The fourth-order valence-corrected chi connectivity index (χ4v) is 3.98. The summed E-state index contributed by atoms with van der Waals surface area (Å²) in [5, 5.41) is 58.6. The van der Waals surface area contributed by atoms with Crippen LogP contribution in [0.2, 0.25) is 0 Å². The van der Waals surface area contributed by atoms with Gasteiger partial charge in [0.15, 0.2) is 23.0 Å². The van der Waals surface area contributed by atoms with Gasteiger partial charge in [0.05, 0.1) is 32.5 Å². The molecule has 0 fully saturated rings. The summed E-state index contributed by atoms with van der Waals surface area (Å²) in [4.78, 5) is 63.1. The Balaban J connectivity index is 1.68. The smallest absolute Gasteiger partial charge is 0.336 e. The number of nitrogens with zero attached hydrogens (tertiary/aromatic N) is 3. The van der Waals surface area contributed by atoms with Gasteiger partial charge in [-0.1, -0.05) is 18.2 Å². The van der Waals surface area contributed by atoms with E-state index in [9.17, 15) is 54.6 Å². The van der Waals surface area contributed by atoms with Crippen molar-refractivity contribution < 1.29 is 49.7 Å². The quantitative estimate of drug-likeness (QED) is 0.0685. The van der Waals surface area contributed by atoms with E-state index in [0.717, 1.165) is 12.1 Å². The van der Waals surface area contributed by atoms with Gasteiger partial charge in [0.1, 0.15) is 25.4 Å². The van der Waals surface area contributed by atoms with Gasteiger partial charge in [-0.15, -0.1) is 6.58 Å². The van der Waals surface area contributed by atoms with Crippen LogP contribution >= 0.6 is 0 Å². The van der Waals surface area contributed by atoms with Gasteiger partial charge in [-0.3, -0.25) is 9.59 Å². The number of rotatable bonds is 14. The van der Waals surface area contributed by atoms with Crippen LogP contribution in [0.1, 0.15) is 11.1 Å². The Morgan fingerprint density at radius 2 is 1.07 bits per heavy atom. The van der Waals surface area contributed by atoms with E-state index in [1.807, 2.05) is 0 Å². The zero-order valence-corrected chi connectivity index (χ0v) is 23.2. The summed E-state index contributed by atoms with van der Waals surface area (Å²) in [7, 11) is 0. The predicted molar refractivity (Wildman–Crippen MR) is 150 cm³/mol. The van der Waals surface area contributed by atoms with Crippen molar-refractivity contribution in [2.24, 2.45) is 0 Å². The normalized spacial score (nSPS) is 12.3. The van der Waals surface area contributed by atoms with E-state index < -0.39 is 79.0 Å². The van der Waals surface area contributed by atoms with Gasteiger partial charge < -0.3 is 40.1 Å². The first-order valence-corrected chi connectivity index (χ1v) is 13.0. The summed E-state index contributed by atoms with van der Waals surface area (Å²) >= 11 is 0. The molecule has 2 atom stereocenters. The summed E-state index contributed by atoms with van der Waals surface area (Å²) in [6.07, 6.45) is -2.59. The maximum absolute atomic E-state index is 13.1. The minimum absolute atomic E-state index is 0.305. The van der Waals surface area contributed by atoms with E-state index >= 15 is 0 Å². The molecule has 0 saturated heterocycles. The predicted octanol–water partition coefficient (Wildman–Crippen LogP) is -1.53. The Morgan fingerprint density at radius 3 is 1.43 bits per heavy atom. The molecule has 0 saturated carbocycles. The van der Waals surface area contributed by atoms with Crippen LogP contribution < -0.4 is 17.1 Å². The second-order valence-corrected chi connectivity index (χ2v) is 9.64. The molecule has 16 heteroatoms. The molecule has 44 heavy (non-hydrogen) atoms. The number of hydrogen-bond donors (Lipinski definition) is 6. The SMILES string of the molecule is C=CCn1c(=O)n(CC(O)COC(=O)Cc2ccc(O)c(O)c2)c(=O)n(CC(O)COC(=O)Cc2ccc(O)c(O)c2)c1=O. The standard InChI is InChI=1S/C28H31N3O13/c1-2-7-29-26(40)30(12-18(32)14-43-24(38)10-16-3-5-20(34)22(36)8-16)28(42)31(27(29)41)13-19(33)15-44-25(39)11-17-4-6-21(35)23(37)9-17/h2-6,8-9,18-19,32-37H,1,7,10-15H2. The third kappa shape index (κ3) is 8.59. The van der Waals surface area contributed by atoms with Crippen LogP contribution in [0, 0.1) is 0 Å². The molecule has 1 heterocycles. The number of aliphatic hydroxyl groups is 2. The Labute approximate surface area is 248 Å². The van der Waals surface area contributed by atoms with Gasteiger partial charge in [0.25, 0.3) is 0 Å². The van der Waals surface area contributed by atoms with Crippen molar-refractivity contribution in [2.45, 2.75) is 44.7 Å². The number of allylic oxidation sites excluding steroid dienone is 1. The number of ether oxygens (including phenoxy) is 2. The molecular weight excluding hydrogens is 586 g/mol. The Bertz CT molecular complexity index is 1590. The van der Waals surface area contributed by atoms with Crippen molar-refractivity contribution in [1.29, 1.82) is 0 Å². The molecule has 0 aliphatic heterocycles. The topological polar surface area (TPSA) is 240 Å². The molecule has 0 spiro atoms. The molecule has 0 aliphatic rings. The highest BCUT2D eigenvalue weighted by Gasteiger charge is 2.21. The Morgan fingerprint density at radius 1 is 0.682 bits per heavy atom.